The topological polar surface area (TPSA) is 79.7 Å². The van der Waals surface area contributed by atoms with Crippen LogP contribution in [0.1, 0.15) is 20.8 Å². The molecule has 33 heavy (non-hydrogen) atoms. The molecule has 2 heterocycles. The molecule has 0 spiro atoms. The first-order valence-electron chi connectivity index (χ1n) is 11.0. The summed E-state index contributed by atoms with van der Waals surface area (Å²) in [5.41, 5.74) is 1.50. The maximum atomic E-state index is 12.3. The van der Waals surface area contributed by atoms with Crippen molar-refractivity contribution in [3.05, 3.63) is 53.6 Å². The predicted octanol–water partition coefficient (Wildman–Crippen LogP) is 5.43. The fourth-order valence-electron chi connectivity index (χ4n) is 4.04. The minimum Gasteiger partial charge on any atom is -0.444 e. The van der Waals surface area contributed by atoms with Crippen LogP contribution in [0.15, 0.2) is 48.5 Å². The standard InChI is InChI=1S/C23H31ClN4O4S/c1-23(2,3)32-22(29)26-15-12-25(13-16-26)14-17-27-20-10-6-7-11-21(20)28(33(27,30)31)19-9-5-4-8-18(19)24/h4-11,30-31H,12-17H2,1-3H3. The van der Waals surface area contributed by atoms with Crippen molar-refractivity contribution in [2.24, 2.45) is 0 Å². The van der Waals surface area contributed by atoms with Gasteiger partial charge in [-0.1, -0.05) is 35.9 Å². The highest BCUT2D eigenvalue weighted by molar-refractivity contribution is 8.27. The lowest BCUT2D eigenvalue weighted by molar-refractivity contribution is 0.0148. The fraction of sp³-hybridized carbons (Fsp3) is 0.435. The van der Waals surface area contributed by atoms with Gasteiger partial charge in [-0.3, -0.25) is 18.3 Å². The molecule has 2 aliphatic heterocycles. The predicted molar refractivity (Wildman–Crippen MR) is 134 cm³/mol. The maximum absolute atomic E-state index is 12.3. The zero-order valence-corrected chi connectivity index (χ0v) is 20.7. The zero-order chi connectivity index (χ0) is 23.8. The van der Waals surface area contributed by atoms with E-state index in [0.717, 1.165) is 5.69 Å². The molecule has 2 aliphatic rings. The van der Waals surface area contributed by atoms with Gasteiger partial charge in [0.05, 0.1) is 28.6 Å². The van der Waals surface area contributed by atoms with Crippen LogP contribution in [-0.2, 0) is 4.74 Å². The van der Waals surface area contributed by atoms with Crippen molar-refractivity contribution < 1.29 is 18.6 Å². The molecule has 0 bridgehead atoms. The highest BCUT2D eigenvalue weighted by atomic mass is 35.5. The summed E-state index contributed by atoms with van der Waals surface area (Å²) in [6.07, 6.45) is -0.292. The van der Waals surface area contributed by atoms with E-state index in [1.165, 1.54) is 4.31 Å². The molecular weight excluding hydrogens is 464 g/mol. The highest BCUT2D eigenvalue weighted by Gasteiger charge is 2.42. The Bertz CT molecular complexity index is 1010. The molecule has 10 heteroatoms. The number of carbonyl (C=O) groups excluding carboxylic acids is 1. The van der Waals surface area contributed by atoms with Crippen molar-refractivity contribution in [3.63, 3.8) is 0 Å². The SMILES string of the molecule is CC(C)(C)OC(=O)N1CCN(CCN2c3ccccc3N(c3ccccc3Cl)S2(O)O)CC1. The fourth-order valence-corrected chi connectivity index (χ4v) is 6.10. The minimum absolute atomic E-state index is 0.292. The lowest BCUT2D eigenvalue weighted by atomic mass is 10.2. The van der Waals surface area contributed by atoms with Gasteiger partial charge in [0.25, 0.3) is 0 Å². The van der Waals surface area contributed by atoms with Crippen LogP contribution in [0, 0.1) is 0 Å². The van der Waals surface area contributed by atoms with Gasteiger partial charge in [0, 0.05) is 32.7 Å². The van der Waals surface area contributed by atoms with Crippen molar-refractivity contribution >= 4 is 45.7 Å². The van der Waals surface area contributed by atoms with Crippen LogP contribution < -0.4 is 8.61 Å². The van der Waals surface area contributed by atoms with E-state index < -0.39 is 16.6 Å². The number of fused-ring (bicyclic) bond motifs is 1. The molecule has 4 rings (SSSR count). The van der Waals surface area contributed by atoms with Gasteiger partial charge in [0.1, 0.15) is 5.60 Å². The summed E-state index contributed by atoms with van der Waals surface area (Å²) < 4.78 is 31.3. The number of ether oxygens (including phenoxy) is 1. The van der Waals surface area contributed by atoms with Crippen molar-refractivity contribution in [3.8, 4) is 0 Å². The lowest BCUT2D eigenvalue weighted by Crippen LogP contribution is -2.51. The number of piperazine rings is 1. The molecule has 0 radical (unpaired) electrons. The molecule has 2 N–H and O–H groups in total. The largest absolute Gasteiger partial charge is 0.444 e. The van der Waals surface area contributed by atoms with Crippen molar-refractivity contribution in [1.82, 2.24) is 9.80 Å². The molecule has 2 aromatic rings. The number of halogens is 1. The summed E-state index contributed by atoms with van der Waals surface area (Å²) in [6.45, 7) is 9.18. The number of nitrogens with zero attached hydrogens (tertiary/aromatic N) is 4. The van der Waals surface area contributed by atoms with Gasteiger partial charge < -0.3 is 9.64 Å². The zero-order valence-electron chi connectivity index (χ0n) is 19.1. The van der Waals surface area contributed by atoms with E-state index in [2.05, 4.69) is 4.90 Å². The molecular formula is C23H31ClN4O4S. The summed E-state index contributed by atoms with van der Waals surface area (Å²) in [6, 6.07) is 14.7. The number of hydrogen-bond acceptors (Lipinski definition) is 7. The van der Waals surface area contributed by atoms with Gasteiger partial charge in [-0.15, -0.1) is 0 Å². The lowest BCUT2D eigenvalue weighted by Gasteiger charge is -2.45. The molecule has 0 unspecified atom stereocenters. The van der Waals surface area contributed by atoms with Crippen LogP contribution in [0.2, 0.25) is 5.02 Å². The molecule has 0 aliphatic carbocycles. The first-order chi connectivity index (χ1) is 15.6. The Labute approximate surface area is 201 Å². The van der Waals surface area contributed by atoms with Crippen molar-refractivity contribution in [2.45, 2.75) is 26.4 Å². The third-order valence-electron chi connectivity index (χ3n) is 5.62. The third kappa shape index (κ3) is 5.02. The Kier molecular flexibility index (Phi) is 6.70. The Balaban J connectivity index is 1.44. The van der Waals surface area contributed by atoms with Crippen LogP contribution >= 0.6 is 22.6 Å². The second-order valence-corrected chi connectivity index (χ2v) is 11.3. The third-order valence-corrected chi connectivity index (χ3v) is 7.80. The summed E-state index contributed by atoms with van der Waals surface area (Å²) in [5, 5.41) is 0.451. The van der Waals surface area contributed by atoms with Gasteiger partial charge in [-0.05, 0) is 56.0 Å². The summed E-state index contributed by atoms with van der Waals surface area (Å²) in [4.78, 5) is 16.2. The first kappa shape index (κ1) is 24.0. The average molecular weight is 495 g/mol. The number of para-hydroxylation sites is 3. The van der Waals surface area contributed by atoms with Gasteiger partial charge in [-0.25, -0.2) is 9.10 Å². The van der Waals surface area contributed by atoms with Crippen LogP contribution in [0.25, 0.3) is 0 Å². The number of anilines is 3. The van der Waals surface area contributed by atoms with Crippen LogP contribution in [0.3, 0.4) is 0 Å². The number of benzene rings is 2. The van der Waals surface area contributed by atoms with E-state index in [0.29, 0.717) is 55.7 Å². The van der Waals surface area contributed by atoms with Gasteiger partial charge in [-0.2, -0.15) is 0 Å². The molecule has 1 fully saturated rings. The Hall–Kier alpha value is -2.17. The average Bonchev–Trinajstić information content (AvgIpc) is 2.97. The number of amides is 1. The van der Waals surface area contributed by atoms with Gasteiger partial charge in [0.15, 0.2) is 0 Å². The molecule has 8 nitrogen and oxygen atoms in total. The maximum Gasteiger partial charge on any atom is 0.410 e. The van der Waals surface area contributed by atoms with Crippen molar-refractivity contribution in [2.75, 3.05) is 47.9 Å². The quantitative estimate of drug-likeness (QED) is 0.586. The second kappa shape index (κ2) is 9.23. The van der Waals surface area contributed by atoms with E-state index in [9.17, 15) is 13.9 Å². The minimum atomic E-state index is -3.34. The number of carbonyl (C=O) groups is 1. The van der Waals surface area contributed by atoms with E-state index >= 15 is 0 Å². The molecule has 1 saturated heterocycles. The molecule has 0 saturated carbocycles. The Morgan fingerprint density at radius 1 is 0.939 bits per heavy atom. The Morgan fingerprint density at radius 3 is 2.12 bits per heavy atom. The van der Waals surface area contributed by atoms with Crippen LogP contribution in [-0.4, -0.2) is 69.9 Å². The van der Waals surface area contributed by atoms with E-state index in [-0.39, 0.29) is 6.09 Å². The van der Waals surface area contributed by atoms with E-state index in [4.69, 9.17) is 16.3 Å². The van der Waals surface area contributed by atoms with Gasteiger partial charge >= 0.3 is 6.09 Å². The smallest absolute Gasteiger partial charge is 0.410 e. The second-order valence-electron chi connectivity index (χ2n) is 9.14. The first-order valence-corrected chi connectivity index (χ1v) is 12.8. The molecule has 1 amide bonds. The van der Waals surface area contributed by atoms with Crippen molar-refractivity contribution in [1.29, 1.82) is 0 Å². The van der Waals surface area contributed by atoms with Gasteiger partial charge in [0.2, 0.25) is 0 Å². The highest BCUT2D eigenvalue weighted by Crippen LogP contribution is 2.64. The summed E-state index contributed by atoms with van der Waals surface area (Å²) in [5.74, 6) is 0. The normalized spacial score (nSPS) is 19.4. The Morgan fingerprint density at radius 2 is 1.52 bits per heavy atom. The van der Waals surface area contributed by atoms with Crippen LogP contribution in [0.5, 0.6) is 0 Å². The van der Waals surface area contributed by atoms with Crippen LogP contribution in [0.4, 0.5) is 21.9 Å². The summed E-state index contributed by atoms with van der Waals surface area (Å²) >= 11 is 6.40. The monoisotopic (exact) mass is 494 g/mol. The summed E-state index contributed by atoms with van der Waals surface area (Å²) in [7, 11) is -3.34. The number of rotatable bonds is 4. The molecule has 0 aromatic heterocycles. The molecule has 0 atom stereocenters. The van der Waals surface area contributed by atoms with E-state index in [1.807, 2.05) is 57.2 Å². The molecule has 180 valence electrons. The number of hydrogen-bond donors (Lipinski definition) is 2. The van der Waals surface area contributed by atoms with E-state index in [1.54, 1.807) is 21.3 Å². The molecule has 2 aromatic carbocycles.